The zero-order valence-electron chi connectivity index (χ0n) is 15.9. The minimum absolute atomic E-state index is 0.0950. The highest BCUT2D eigenvalue weighted by Crippen LogP contribution is 2.14. The Morgan fingerprint density at radius 2 is 1.54 bits per heavy atom. The van der Waals surface area contributed by atoms with Crippen LogP contribution in [-0.2, 0) is 13.1 Å². The van der Waals surface area contributed by atoms with Gasteiger partial charge in [0.25, 0.3) is 5.91 Å². The van der Waals surface area contributed by atoms with Crippen LogP contribution in [0.4, 0.5) is 0 Å². The molecule has 2 heterocycles. The van der Waals surface area contributed by atoms with Crippen LogP contribution in [0.25, 0.3) is 0 Å². The van der Waals surface area contributed by atoms with Gasteiger partial charge in [0, 0.05) is 25.7 Å². The summed E-state index contributed by atoms with van der Waals surface area (Å²) in [6.45, 7) is 3.48. The Balaban J connectivity index is 1.30. The third kappa shape index (κ3) is 4.64. The first kappa shape index (κ1) is 18.4. The number of hydrogen-bond acceptors (Lipinski definition) is 4. The van der Waals surface area contributed by atoms with E-state index >= 15 is 0 Å². The molecule has 0 atom stereocenters. The number of carbonyl (C=O) groups excluding carboxylic acids is 1. The first-order chi connectivity index (χ1) is 13.8. The Morgan fingerprint density at radius 3 is 2.18 bits per heavy atom. The van der Waals surface area contributed by atoms with Crippen LogP contribution in [0.5, 0.6) is 0 Å². The molecule has 1 aliphatic rings. The van der Waals surface area contributed by atoms with Crippen molar-refractivity contribution in [3.8, 4) is 0 Å². The molecule has 0 radical (unpaired) electrons. The van der Waals surface area contributed by atoms with Crippen LogP contribution in [0.3, 0.4) is 0 Å². The van der Waals surface area contributed by atoms with E-state index in [1.165, 1.54) is 5.56 Å². The van der Waals surface area contributed by atoms with Gasteiger partial charge >= 0.3 is 0 Å². The summed E-state index contributed by atoms with van der Waals surface area (Å²) in [6.07, 6.45) is 3.46. The quantitative estimate of drug-likeness (QED) is 0.720. The molecule has 28 heavy (non-hydrogen) atoms. The van der Waals surface area contributed by atoms with Gasteiger partial charge in [-0.1, -0.05) is 65.9 Å². The van der Waals surface area contributed by atoms with Crippen molar-refractivity contribution in [2.75, 3.05) is 13.1 Å². The van der Waals surface area contributed by atoms with E-state index in [-0.39, 0.29) is 11.9 Å². The lowest BCUT2D eigenvalue weighted by Gasteiger charge is -2.32. The van der Waals surface area contributed by atoms with E-state index in [2.05, 4.69) is 44.8 Å². The number of aromatic nitrogens is 3. The van der Waals surface area contributed by atoms with Gasteiger partial charge in [-0.05, 0) is 24.0 Å². The van der Waals surface area contributed by atoms with Crippen LogP contribution in [0, 0.1) is 0 Å². The van der Waals surface area contributed by atoms with Gasteiger partial charge in [-0.3, -0.25) is 9.69 Å². The number of benzene rings is 2. The maximum atomic E-state index is 12.7. The van der Waals surface area contributed by atoms with Crippen molar-refractivity contribution in [2.24, 2.45) is 0 Å². The second kappa shape index (κ2) is 8.80. The largest absolute Gasteiger partial charge is 0.348 e. The summed E-state index contributed by atoms with van der Waals surface area (Å²) >= 11 is 0. The van der Waals surface area contributed by atoms with Gasteiger partial charge < -0.3 is 5.32 Å². The van der Waals surface area contributed by atoms with E-state index < -0.39 is 0 Å². The molecule has 6 nitrogen and oxygen atoms in total. The number of nitrogens with one attached hydrogen (secondary N) is 1. The minimum atomic E-state index is -0.0950. The van der Waals surface area contributed by atoms with Crippen LogP contribution in [0.1, 0.15) is 34.5 Å². The van der Waals surface area contributed by atoms with E-state index in [9.17, 15) is 4.79 Å². The van der Waals surface area contributed by atoms with E-state index in [4.69, 9.17) is 0 Å². The molecule has 0 bridgehead atoms. The summed E-state index contributed by atoms with van der Waals surface area (Å²) in [6, 6.07) is 20.7. The van der Waals surface area contributed by atoms with Gasteiger partial charge in [0.15, 0.2) is 0 Å². The van der Waals surface area contributed by atoms with Crippen molar-refractivity contribution in [1.29, 1.82) is 0 Å². The summed E-state index contributed by atoms with van der Waals surface area (Å²) in [7, 11) is 0. The molecular weight excluding hydrogens is 350 g/mol. The number of amides is 1. The maximum absolute atomic E-state index is 12.7. The monoisotopic (exact) mass is 375 g/mol. The lowest BCUT2D eigenvalue weighted by molar-refractivity contribution is 0.0898. The van der Waals surface area contributed by atoms with Crippen LogP contribution >= 0.6 is 0 Å². The molecule has 1 amide bonds. The molecule has 0 unspecified atom stereocenters. The molecule has 4 rings (SSSR count). The Bertz CT molecular complexity index is 886. The Hall–Kier alpha value is -2.99. The number of carbonyl (C=O) groups is 1. The summed E-state index contributed by atoms with van der Waals surface area (Å²) < 4.78 is 1.66. The van der Waals surface area contributed by atoms with Crippen molar-refractivity contribution in [3.63, 3.8) is 0 Å². The van der Waals surface area contributed by atoms with Gasteiger partial charge in [-0.2, -0.15) is 0 Å². The Labute approximate surface area is 165 Å². The van der Waals surface area contributed by atoms with Crippen molar-refractivity contribution in [1.82, 2.24) is 25.2 Å². The fourth-order valence-corrected chi connectivity index (χ4v) is 3.64. The molecule has 0 spiro atoms. The molecule has 1 aliphatic heterocycles. The van der Waals surface area contributed by atoms with Crippen LogP contribution in [-0.4, -0.2) is 44.9 Å². The van der Waals surface area contributed by atoms with Crippen molar-refractivity contribution >= 4 is 5.91 Å². The summed E-state index contributed by atoms with van der Waals surface area (Å²) in [4.78, 5) is 15.2. The number of piperidine rings is 1. The first-order valence-electron chi connectivity index (χ1n) is 9.77. The van der Waals surface area contributed by atoms with Crippen LogP contribution < -0.4 is 5.32 Å². The molecule has 2 aromatic carbocycles. The van der Waals surface area contributed by atoms with Crippen molar-refractivity contribution in [3.05, 3.63) is 83.7 Å². The highest BCUT2D eigenvalue weighted by Gasteiger charge is 2.23. The number of hydrogen-bond donors (Lipinski definition) is 1. The fraction of sp³-hybridized carbons (Fsp3) is 0.318. The van der Waals surface area contributed by atoms with Gasteiger partial charge in [0.2, 0.25) is 0 Å². The van der Waals surface area contributed by atoms with E-state index in [1.807, 2.05) is 36.4 Å². The van der Waals surface area contributed by atoms with Crippen LogP contribution in [0.15, 0.2) is 66.9 Å². The van der Waals surface area contributed by atoms with E-state index in [1.54, 1.807) is 10.9 Å². The smallest absolute Gasteiger partial charge is 0.271 e. The maximum Gasteiger partial charge on any atom is 0.271 e. The molecule has 1 saturated heterocycles. The summed E-state index contributed by atoms with van der Waals surface area (Å²) in [5.74, 6) is -0.0950. The third-order valence-electron chi connectivity index (χ3n) is 5.20. The molecule has 1 fully saturated rings. The van der Waals surface area contributed by atoms with Crippen LogP contribution in [0.2, 0.25) is 0 Å². The van der Waals surface area contributed by atoms with Crippen molar-refractivity contribution in [2.45, 2.75) is 32.0 Å². The predicted octanol–water partition coefficient (Wildman–Crippen LogP) is 2.72. The lowest BCUT2D eigenvalue weighted by Crippen LogP contribution is -2.44. The topological polar surface area (TPSA) is 63.1 Å². The molecule has 144 valence electrons. The summed E-state index contributed by atoms with van der Waals surface area (Å²) in [5, 5.41) is 11.2. The molecule has 1 aromatic heterocycles. The SMILES string of the molecule is O=C(NC1CCN(Cc2ccccc2)CC1)c1cnnn1Cc1ccccc1. The normalized spacial score (nSPS) is 15.4. The molecule has 3 aromatic rings. The van der Waals surface area contributed by atoms with Gasteiger partial charge in [0.05, 0.1) is 12.7 Å². The second-order valence-electron chi connectivity index (χ2n) is 7.27. The zero-order valence-corrected chi connectivity index (χ0v) is 15.9. The zero-order chi connectivity index (χ0) is 19.2. The second-order valence-corrected chi connectivity index (χ2v) is 7.27. The average molecular weight is 375 g/mol. The minimum Gasteiger partial charge on any atom is -0.348 e. The van der Waals surface area contributed by atoms with Gasteiger partial charge in [-0.15, -0.1) is 5.10 Å². The number of likely N-dealkylation sites (tertiary alicyclic amines) is 1. The predicted molar refractivity (Wildman–Crippen MR) is 108 cm³/mol. The molecule has 1 N–H and O–H groups in total. The molecule has 6 heteroatoms. The molecular formula is C22H25N5O. The summed E-state index contributed by atoms with van der Waals surface area (Å²) in [5.41, 5.74) is 2.94. The van der Waals surface area contributed by atoms with Gasteiger partial charge in [0.1, 0.15) is 5.69 Å². The highest BCUT2D eigenvalue weighted by molar-refractivity contribution is 5.92. The fourth-order valence-electron chi connectivity index (χ4n) is 3.64. The van der Waals surface area contributed by atoms with E-state index in [0.29, 0.717) is 12.2 Å². The first-order valence-corrected chi connectivity index (χ1v) is 9.77. The number of nitrogens with zero attached hydrogens (tertiary/aromatic N) is 4. The van der Waals surface area contributed by atoms with Crippen molar-refractivity contribution < 1.29 is 4.79 Å². The number of rotatable bonds is 6. The molecule has 0 aliphatic carbocycles. The highest BCUT2D eigenvalue weighted by atomic mass is 16.2. The molecule has 0 saturated carbocycles. The average Bonchev–Trinajstić information content (AvgIpc) is 3.19. The van der Waals surface area contributed by atoms with E-state index in [0.717, 1.165) is 38.0 Å². The van der Waals surface area contributed by atoms with Gasteiger partial charge in [-0.25, -0.2) is 4.68 Å². The lowest BCUT2D eigenvalue weighted by atomic mass is 10.0. The standard InChI is InChI=1S/C22H25N5O/c28-22(21-15-23-25-27(21)17-19-9-5-2-6-10-19)24-20-11-13-26(14-12-20)16-18-7-3-1-4-8-18/h1-10,15,20H,11-14,16-17H2,(H,24,28). The third-order valence-corrected chi connectivity index (χ3v) is 5.20. The Morgan fingerprint density at radius 1 is 0.929 bits per heavy atom. The Kier molecular flexibility index (Phi) is 5.77.